The van der Waals surface area contributed by atoms with Gasteiger partial charge in [0.25, 0.3) is 5.91 Å². The number of nitrogens with one attached hydrogen (secondary N) is 1. The molecule has 1 aliphatic heterocycles. The molecule has 2 unspecified atom stereocenters. The van der Waals surface area contributed by atoms with Gasteiger partial charge in [0.1, 0.15) is 16.9 Å². The molecule has 0 radical (unpaired) electrons. The fraction of sp³-hybridized carbons (Fsp3) is 0.389. The summed E-state index contributed by atoms with van der Waals surface area (Å²) < 4.78 is 10.2. The van der Waals surface area contributed by atoms with Crippen molar-refractivity contribution < 1.29 is 14.3 Å². The SMILES string of the molecule is COc1cc(C(=O)N2CC3CCC2[C@@H]3N)cc2nc(-c3cc4ccc(-c5ccc(CNC(C)=O)cc5)nc4n3CC3CC3)n(C)c12. The number of carbonyl (C=O) groups is 2. The number of aromatic nitrogens is 4. The number of fused-ring (bicyclic) bond motifs is 4. The van der Waals surface area contributed by atoms with E-state index < -0.39 is 0 Å². The third kappa shape index (κ3) is 4.83. The van der Waals surface area contributed by atoms with Gasteiger partial charge in [-0.1, -0.05) is 24.3 Å². The molecule has 2 bridgehead atoms. The van der Waals surface area contributed by atoms with Gasteiger partial charge in [-0.25, -0.2) is 9.97 Å². The van der Waals surface area contributed by atoms with Crippen LogP contribution < -0.4 is 15.8 Å². The number of imidazole rings is 1. The van der Waals surface area contributed by atoms with Crippen LogP contribution in [0.25, 0.3) is 44.8 Å². The summed E-state index contributed by atoms with van der Waals surface area (Å²) in [4.78, 5) is 37.3. The minimum atomic E-state index is -0.0460. The summed E-state index contributed by atoms with van der Waals surface area (Å²) in [6.45, 7) is 3.61. The van der Waals surface area contributed by atoms with Gasteiger partial charge in [-0.05, 0) is 73.4 Å². The molecule has 2 aliphatic carbocycles. The molecule has 3 fully saturated rings. The fourth-order valence-corrected chi connectivity index (χ4v) is 7.50. The van der Waals surface area contributed by atoms with E-state index in [1.807, 2.05) is 36.2 Å². The molecular weight excluding hydrogens is 578 g/mol. The Morgan fingerprint density at radius 3 is 2.50 bits per heavy atom. The summed E-state index contributed by atoms with van der Waals surface area (Å²) in [5.74, 6) is 2.39. The van der Waals surface area contributed by atoms with E-state index in [-0.39, 0.29) is 23.9 Å². The monoisotopic (exact) mass is 617 g/mol. The van der Waals surface area contributed by atoms with Crippen molar-refractivity contribution in [3.63, 3.8) is 0 Å². The maximum Gasteiger partial charge on any atom is 0.254 e. The van der Waals surface area contributed by atoms with Gasteiger partial charge in [-0.2, -0.15) is 0 Å². The number of rotatable bonds is 8. The highest BCUT2D eigenvalue weighted by Gasteiger charge is 2.47. The van der Waals surface area contributed by atoms with E-state index in [2.05, 4.69) is 44.8 Å². The Bertz CT molecular complexity index is 2010. The minimum Gasteiger partial charge on any atom is -0.494 e. The first-order valence-electron chi connectivity index (χ1n) is 16.2. The normalized spacial score (nSPS) is 20.6. The molecule has 8 rings (SSSR count). The number of hydrogen-bond acceptors (Lipinski definition) is 6. The van der Waals surface area contributed by atoms with Gasteiger partial charge in [-0.3, -0.25) is 9.59 Å². The maximum absolute atomic E-state index is 13.7. The first-order chi connectivity index (χ1) is 22.3. The summed E-state index contributed by atoms with van der Waals surface area (Å²) in [5.41, 5.74) is 13.5. The molecule has 4 heterocycles. The number of aryl methyl sites for hydroxylation is 1. The van der Waals surface area contributed by atoms with Crippen molar-refractivity contribution in [3.05, 3.63) is 65.7 Å². The lowest BCUT2D eigenvalue weighted by Gasteiger charge is -2.27. The lowest BCUT2D eigenvalue weighted by atomic mass is 10.1. The fourth-order valence-electron chi connectivity index (χ4n) is 7.50. The molecule has 10 heteroatoms. The number of likely N-dealkylation sites (tertiary alicyclic amines) is 1. The topological polar surface area (TPSA) is 120 Å². The minimum absolute atomic E-state index is 0.00206. The van der Waals surface area contributed by atoms with Crippen LogP contribution in [0.4, 0.5) is 0 Å². The van der Waals surface area contributed by atoms with Gasteiger partial charge in [0.05, 0.1) is 24.0 Å². The molecule has 10 nitrogen and oxygen atoms in total. The van der Waals surface area contributed by atoms with E-state index in [0.29, 0.717) is 29.7 Å². The molecule has 3 aliphatic rings. The van der Waals surface area contributed by atoms with Gasteiger partial charge >= 0.3 is 0 Å². The molecule has 5 aromatic rings. The number of methoxy groups -OCH3 is 1. The van der Waals surface area contributed by atoms with E-state index in [1.165, 1.54) is 19.8 Å². The maximum atomic E-state index is 13.7. The van der Waals surface area contributed by atoms with Gasteiger partial charge < -0.3 is 29.8 Å². The number of nitrogens with two attached hydrogens (primary N) is 1. The highest BCUT2D eigenvalue weighted by atomic mass is 16.5. The van der Waals surface area contributed by atoms with Crippen LogP contribution in [0.2, 0.25) is 0 Å². The summed E-state index contributed by atoms with van der Waals surface area (Å²) >= 11 is 0. The smallest absolute Gasteiger partial charge is 0.254 e. The largest absolute Gasteiger partial charge is 0.494 e. The van der Waals surface area contributed by atoms with Gasteiger partial charge in [-0.15, -0.1) is 0 Å². The van der Waals surface area contributed by atoms with Crippen LogP contribution in [-0.2, 0) is 24.9 Å². The Hall–Kier alpha value is -4.70. The first-order valence-corrected chi connectivity index (χ1v) is 16.2. The molecule has 3 N–H and O–H groups in total. The Balaban J connectivity index is 1.18. The summed E-state index contributed by atoms with van der Waals surface area (Å²) in [6.07, 6.45) is 4.48. The standard InChI is InChI=1S/C36H39N7O3/c1-20(44)38-17-21-6-8-23(9-7-21)27-12-10-24-15-30(42(34(24)39-27)18-22-4-5-22)35-40-28-14-26(16-31(46-3)33(28)41(35)2)36(45)43-19-25-11-13-29(43)32(25)37/h6-10,12,14-16,22,25,29,32H,4-5,11,13,17-19,37H2,1-3H3,(H,38,44)/t25?,29?,32-/m1/s1. The number of ether oxygens (including phenoxy) is 1. The predicted molar refractivity (Wildman–Crippen MR) is 177 cm³/mol. The van der Waals surface area contributed by atoms with Crippen LogP contribution >= 0.6 is 0 Å². The number of piperidine rings is 1. The molecule has 2 aromatic carbocycles. The van der Waals surface area contributed by atoms with Crippen LogP contribution in [0, 0.1) is 11.8 Å². The summed E-state index contributed by atoms with van der Waals surface area (Å²) in [5, 5.41) is 3.90. The zero-order chi connectivity index (χ0) is 31.7. The summed E-state index contributed by atoms with van der Waals surface area (Å²) in [7, 11) is 3.65. The lowest BCUT2D eigenvalue weighted by Crippen LogP contribution is -2.41. The van der Waals surface area contributed by atoms with E-state index in [4.69, 9.17) is 20.4 Å². The quantitative estimate of drug-likeness (QED) is 0.256. The number of amides is 2. The van der Waals surface area contributed by atoms with Crippen LogP contribution in [0.5, 0.6) is 5.75 Å². The summed E-state index contributed by atoms with van der Waals surface area (Å²) in [6, 6.07) is 18.4. The average Bonchev–Trinajstić information content (AvgIpc) is 3.47. The zero-order valence-corrected chi connectivity index (χ0v) is 26.5. The van der Waals surface area contributed by atoms with E-state index in [1.54, 1.807) is 7.11 Å². The van der Waals surface area contributed by atoms with Crippen molar-refractivity contribution in [2.24, 2.45) is 24.6 Å². The van der Waals surface area contributed by atoms with Crippen LogP contribution in [0.1, 0.15) is 48.5 Å². The highest BCUT2D eigenvalue weighted by Crippen LogP contribution is 2.40. The predicted octanol–water partition coefficient (Wildman–Crippen LogP) is 4.87. The molecule has 0 spiro atoms. The molecule has 46 heavy (non-hydrogen) atoms. The van der Waals surface area contributed by atoms with E-state index in [9.17, 15) is 9.59 Å². The Morgan fingerprint density at radius 2 is 1.83 bits per heavy atom. The molecule has 3 aromatic heterocycles. The molecular formula is C36H39N7O3. The molecule has 2 amide bonds. The highest BCUT2D eigenvalue weighted by molar-refractivity contribution is 6.00. The van der Waals surface area contributed by atoms with Gasteiger partial charge in [0.2, 0.25) is 5.91 Å². The second kappa shape index (κ2) is 11.0. The van der Waals surface area contributed by atoms with Crippen molar-refractivity contribution >= 4 is 33.9 Å². The average molecular weight is 618 g/mol. The molecule has 1 saturated heterocycles. The van der Waals surface area contributed by atoms with Gasteiger partial charge in [0.15, 0.2) is 5.82 Å². The number of benzene rings is 2. The Labute approximate surface area is 267 Å². The molecule has 3 atom stereocenters. The molecule has 2 saturated carbocycles. The van der Waals surface area contributed by atoms with Crippen LogP contribution in [0.3, 0.4) is 0 Å². The lowest BCUT2D eigenvalue weighted by molar-refractivity contribution is -0.119. The number of pyridine rings is 1. The van der Waals surface area contributed by atoms with E-state index in [0.717, 1.165) is 76.3 Å². The van der Waals surface area contributed by atoms with Crippen molar-refractivity contribution in [2.75, 3.05) is 13.7 Å². The van der Waals surface area contributed by atoms with Crippen LogP contribution in [0.15, 0.2) is 54.6 Å². The number of carbonyl (C=O) groups excluding carboxylic acids is 2. The second-order valence-electron chi connectivity index (χ2n) is 13.3. The van der Waals surface area contributed by atoms with Crippen molar-refractivity contribution in [2.45, 2.75) is 57.8 Å². The van der Waals surface area contributed by atoms with E-state index >= 15 is 0 Å². The van der Waals surface area contributed by atoms with Crippen molar-refractivity contribution in [1.82, 2.24) is 29.3 Å². The van der Waals surface area contributed by atoms with Crippen molar-refractivity contribution in [1.29, 1.82) is 0 Å². The van der Waals surface area contributed by atoms with Crippen LogP contribution in [-0.4, -0.2) is 61.6 Å². The Kier molecular flexibility index (Phi) is 6.86. The Morgan fingerprint density at radius 1 is 1.02 bits per heavy atom. The zero-order valence-electron chi connectivity index (χ0n) is 26.5. The van der Waals surface area contributed by atoms with Gasteiger partial charge in [0, 0.05) is 62.2 Å². The second-order valence-corrected chi connectivity index (χ2v) is 13.3. The number of nitrogens with zero attached hydrogens (tertiary/aromatic N) is 5. The van der Waals surface area contributed by atoms with Crippen molar-refractivity contribution in [3.8, 4) is 28.5 Å². The first kappa shape index (κ1) is 28.8. The number of hydrogen-bond donors (Lipinski definition) is 2. The molecule has 236 valence electrons. The third-order valence-corrected chi connectivity index (χ3v) is 10.2. The third-order valence-electron chi connectivity index (χ3n) is 10.2.